The van der Waals surface area contributed by atoms with Gasteiger partial charge in [-0.25, -0.2) is 0 Å². The largest absolute Gasteiger partial charge is 0.376 e. The number of benzene rings is 4. The molecule has 5 nitrogen and oxygen atoms in total. The molecule has 0 heterocycles. The SMILES string of the molecule is O=C(CNc1ccc(Cl)cc1C(=O)c1ccccc1Cl)Nc1ccc(Cl)cc1C(=O)c1ccccc1Cl. The van der Waals surface area contributed by atoms with Crippen LogP contribution in [-0.2, 0) is 4.79 Å². The molecule has 0 aliphatic carbocycles. The van der Waals surface area contributed by atoms with Crippen LogP contribution in [0, 0.1) is 0 Å². The molecule has 0 unspecified atom stereocenters. The topological polar surface area (TPSA) is 75.3 Å². The fourth-order valence-corrected chi connectivity index (χ4v) is 4.41. The Morgan fingerprint density at radius 3 is 1.54 bits per heavy atom. The van der Waals surface area contributed by atoms with E-state index >= 15 is 0 Å². The minimum absolute atomic E-state index is 0.190. The lowest BCUT2D eigenvalue weighted by Crippen LogP contribution is -2.24. The maximum atomic E-state index is 13.1. The first kappa shape index (κ1) is 26.7. The van der Waals surface area contributed by atoms with Crippen LogP contribution in [0.15, 0.2) is 84.9 Å². The molecule has 9 heteroatoms. The fourth-order valence-electron chi connectivity index (χ4n) is 3.62. The second kappa shape index (κ2) is 11.8. The molecule has 186 valence electrons. The first-order chi connectivity index (χ1) is 17.7. The van der Waals surface area contributed by atoms with Gasteiger partial charge in [-0.2, -0.15) is 0 Å². The van der Waals surface area contributed by atoms with Crippen LogP contribution in [0.25, 0.3) is 0 Å². The van der Waals surface area contributed by atoms with Gasteiger partial charge in [0.25, 0.3) is 0 Å². The van der Waals surface area contributed by atoms with Gasteiger partial charge in [-0.15, -0.1) is 0 Å². The normalized spacial score (nSPS) is 10.6. The Morgan fingerprint density at radius 1 is 0.568 bits per heavy atom. The molecular weight excluding hydrogens is 554 g/mol. The standard InChI is InChI=1S/C28H18Cl4N2O3/c29-16-9-11-24(20(13-16)27(36)18-5-1-3-7-22(18)31)33-15-26(35)34-25-12-10-17(30)14-21(25)28(37)19-6-2-4-8-23(19)32/h1-14,33H,15H2,(H,34,35). The van der Waals surface area contributed by atoms with Crippen molar-refractivity contribution in [1.29, 1.82) is 0 Å². The molecule has 0 atom stereocenters. The van der Waals surface area contributed by atoms with Gasteiger partial charge in [-0.1, -0.05) is 70.7 Å². The number of rotatable bonds is 8. The summed E-state index contributed by atoms with van der Waals surface area (Å²) >= 11 is 24.7. The van der Waals surface area contributed by atoms with Crippen molar-refractivity contribution in [2.24, 2.45) is 0 Å². The van der Waals surface area contributed by atoms with Crippen molar-refractivity contribution in [1.82, 2.24) is 0 Å². The summed E-state index contributed by atoms with van der Waals surface area (Å²) in [6, 6.07) is 22.6. The first-order valence-electron chi connectivity index (χ1n) is 11.0. The Labute approximate surface area is 233 Å². The number of hydrogen-bond acceptors (Lipinski definition) is 4. The van der Waals surface area contributed by atoms with Gasteiger partial charge in [-0.05, 0) is 60.7 Å². The smallest absolute Gasteiger partial charge is 0.243 e. The average Bonchev–Trinajstić information content (AvgIpc) is 2.88. The van der Waals surface area contributed by atoms with Crippen molar-refractivity contribution < 1.29 is 14.4 Å². The Hall–Kier alpha value is -3.35. The van der Waals surface area contributed by atoms with E-state index in [0.717, 1.165) is 0 Å². The third kappa shape index (κ3) is 6.32. The minimum Gasteiger partial charge on any atom is -0.376 e. The van der Waals surface area contributed by atoms with Gasteiger partial charge in [0.05, 0.1) is 22.3 Å². The van der Waals surface area contributed by atoms with Gasteiger partial charge in [0.1, 0.15) is 0 Å². The van der Waals surface area contributed by atoms with Gasteiger partial charge >= 0.3 is 0 Å². The van der Waals surface area contributed by atoms with Crippen molar-refractivity contribution >= 4 is 75.3 Å². The van der Waals surface area contributed by atoms with Crippen molar-refractivity contribution in [3.05, 3.63) is 127 Å². The van der Waals surface area contributed by atoms with Gasteiger partial charge in [0.15, 0.2) is 11.6 Å². The third-order valence-corrected chi connectivity index (χ3v) is 6.53. The predicted octanol–water partition coefficient (Wildman–Crippen LogP) is 7.81. The first-order valence-corrected chi connectivity index (χ1v) is 12.5. The zero-order valence-electron chi connectivity index (χ0n) is 19.0. The van der Waals surface area contributed by atoms with Crippen molar-refractivity contribution in [3.8, 4) is 0 Å². The molecule has 4 aromatic rings. The number of nitrogens with one attached hydrogen (secondary N) is 2. The molecule has 0 bridgehead atoms. The molecule has 0 fully saturated rings. The highest BCUT2D eigenvalue weighted by Gasteiger charge is 2.20. The number of hydrogen-bond donors (Lipinski definition) is 2. The molecule has 37 heavy (non-hydrogen) atoms. The van der Waals surface area contributed by atoms with Crippen LogP contribution >= 0.6 is 46.4 Å². The lowest BCUT2D eigenvalue weighted by Gasteiger charge is -2.14. The molecule has 0 saturated heterocycles. The van der Waals surface area contributed by atoms with Crippen LogP contribution < -0.4 is 10.6 Å². The summed E-state index contributed by atoms with van der Waals surface area (Å²) in [5.74, 6) is -1.19. The molecule has 4 rings (SSSR count). The van der Waals surface area contributed by atoms with Gasteiger partial charge < -0.3 is 10.6 Å². The highest BCUT2D eigenvalue weighted by Crippen LogP contribution is 2.28. The maximum Gasteiger partial charge on any atom is 0.243 e. The van der Waals surface area contributed by atoms with E-state index < -0.39 is 5.91 Å². The van der Waals surface area contributed by atoms with Gasteiger partial charge in [-0.3, -0.25) is 14.4 Å². The molecule has 1 amide bonds. The molecule has 0 aromatic heterocycles. The Bertz CT molecular complexity index is 1520. The van der Waals surface area contributed by atoms with Crippen LogP contribution in [0.3, 0.4) is 0 Å². The minimum atomic E-state index is -0.457. The lowest BCUT2D eigenvalue weighted by molar-refractivity contribution is -0.114. The van der Waals surface area contributed by atoms with Crippen molar-refractivity contribution in [2.75, 3.05) is 17.2 Å². The molecule has 0 spiro atoms. The molecule has 2 N–H and O–H groups in total. The number of carbonyl (C=O) groups excluding carboxylic acids is 3. The summed E-state index contributed by atoms with van der Waals surface area (Å²) < 4.78 is 0. The zero-order chi connectivity index (χ0) is 26.5. The van der Waals surface area contributed by atoms with E-state index in [1.165, 1.54) is 12.1 Å². The van der Waals surface area contributed by atoms with E-state index in [1.807, 2.05) is 0 Å². The summed E-state index contributed by atoms with van der Waals surface area (Å²) in [5.41, 5.74) is 1.70. The molecule has 4 aromatic carbocycles. The van der Waals surface area contributed by atoms with Gasteiger partial charge in [0, 0.05) is 38.0 Å². The summed E-state index contributed by atoms with van der Waals surface area (Å²) in [7, 11) is 0. The Kier molecular flexibility index (Phi) is 8.52. The van der Waals surface area contributed by atoms with E-state index in [1.54, 1.807) is 72.8 Å². The fraction of sp³-hybridized carbons (Fsp3) is 0.0357. The predicted molar refractivity (Wildman–Crippen MR) is 150 cm³/mol. The number of carbonyl (C=O) groups is 3. The summed E-state index contributed by atoms with van der Waals surface area (Å²) in [5, 5.41) is 6.96. The molecule has 0 aliphatic rings. The summed E-state index contributed by atoms with van der Waals surface area (Å²) in [6.45, 7) is -0.202. The van der Waals surface area contributed by atoms with E-state index in [0.29, 0.717) is 26.3 Å². The second-order valence-electron chi connectivity index (χ2n) is 7.90. The maximum absolute atomic E-state index is 13.1. The summed E-state index contributed by atoms with van der Waals surface area (Å²) in [6.07, 6.45) is 0. The zero-order valence-corrected chi connectivity index (χ0v) is 22.1. The number of anilines is 2. The third-order valence-electron chi connectivity index (χ3n) is 5.40. The lowest BCUT2D eigenvalue weighted by atomic mass is 10.0. The average molecular weight is 572 g/mol. The number of amides is 1. The van der Waals surface area contributed by atoms with Gasteiger partial charge in [0.2, 0.25) is 5.91 Å². The molecule has 0 aliphatic heterocycles. The van der Waals surface area contributed by atoms with E-state index in [9.17, 15) is 14.4 Å². The quantitative estimate of drug-likeness (QED) is 0.211. The van der Waals surface area contributed by atoms with E-state index in [4.69, 9.17) is 46.4 Å². The number of halogens is 4. The highest BCUT2D eigenvalue weighted by atomic mass is 35.5. The molecule has 0 saturated carbocycles. The Balaban J connectivity index is 1.54. The molecule has 0 radical (unpaired) electrons. The summed E-state index contributed by atoms with van der Waals surface area (Å²) in [4.78, 5) is 39.1. The van der Waals surface area contributed by atoms with Crippen LogP contribution in [0.4, 0.5) is 11.4 Å². The number of ketones is 2. The monoisotopic (exact) mass is 570 g/mol. The Morgan fingerprint density at radius 2 is 1.03 bits per heavy atom. The highest BCUT2D eigenvalue weighted by molar-refractivity contribution is 6.36. The van der Waals surface area contributed by atoms with Crippen LogP contribution in [0.2, 0.25) is 20.1 Å². The molecular formula is C28H18Cl4N2O3. The van der Waals surface area contributed by atoms with Crippen molar-refractivity contribution in [2.45, 2.75) is 0 Å². The van der Waals surface area contributed by atoms with Crippen LogP contribution in [-0.4, -0.2) is 24.0 Å². The van der Waals surface area contributed by atoms with Crippen LogP contribution in [0.1, 0.15) is 31.8 Å². The van der Waals surface area contributed by atoms with E-state index in [2.05, 4.69) is 10.6 Å². The van der Waals surface area contributed by atoms with Crippen molar-refractivity contribution in [3.63, 3.8) is 0 Å². The van der Waals surface area contributed by atoms with Crippen LogP contribution in [0.5, 0.6) is 0 Å². The second-order valence-corrected chi connectivity index (χ2v) is 9.59. The van der Waals surface area contributed by atoms with E-state index in [-0.39, 0.29) is 45.5 Å².